The lowest BCUT2D eigenvalue weighted by molar-refractivity contribution is 0.0101. The summed E-state index contributed by atoms with van der Waals surface area (Å²) >= 11 is 0. The van der Waals surface area contributed by atoms with Gasteiger partial charge in [-0.15, -0.1) is 0 Å². The molecule has 0 spiro atoms. The second-order valence-electron chi connectivity index (χ2n) is 6.85. The molecule has 1 aliphatic rings. The third kappa shape index (κ3) is 5.06. The second kappa shape index (κ2) is 8.24. The summed E-state index contributed by atoms with van der Waals surface area (Å²) in [4.78, 5) is 2.14. The molecule has 0 bridgehead atoms. The molecular weight excluding hydrogens is 237 g/mol. The van der Waals surface area contributed by atoms with Crippen molar-refractivity contribution in [2.75, 3.05) is 20.1 Å². The lowest BCUT2D eigenvalue weighted by Gasteiger charge is -2.44. The summed E-state index contributed by atoms with van der Waals surface area (Å²) in [5, 5.41) is 0. The number of nitrogens with zero attached hydrogens (tertiary/aromatic N) is 1. The van der Waals surface area contributed by atoms with E-state index in [1.807, 2.05) is 7.05 Å². The summed E-state index contributed by atoms with van der Waals surface area (Å²) in [6, 6.07) is 0. The first-order valence-electron chi connectivity index (χ1n) is 8.36. The molecule has 1 aliphatic heterocycles. The molecule has 3 atom stereocenters. The van der Waals surface area contributed by atoms with Gasteiger partial charge in [-0.3, -0.25) is 0 Å². The average Bonchev–Trinajstić information content (AvgIpc) is 2.38. The third-order valence-electron chi connectivity index (χ3n) is 5.30. The van der Waals surface area contributed by atoms with Crippen LogP contribution in [0.25, 0.3) is 0 Å². The number of rotatable bonds is 8. The fraction of sp³-hybridized carbons (Fsp3) is 1.00. The number of hydrogen-bond acceptors (Lipinski definition) is 1. The quantitative estimate of drug-likeness (QED) is 0.558. The van der Waals surface area contributed by atoms with Gasteiger partial charge in [0, 0.05) is 6.54 Å². The van der Waals surface area contributed by atoms with Crippen LogP contribution in [0.5, 0.6) is 0 Å². The summed E-state index contributed by atoms with van der Waals surface area (Å²) in [6.45, 7) is 8.53. The van der Waals surface area contributed by atoms with Gasteiger partial charge < -0.3 is 4.90 Å². The van der Waals surface area contributed by atoms with E-state index in [0.717, 1.165) is 19.4 Å². The summed E-state index contributed by atoms with van der Waals surface area (Å²) in [7, 11) is 2.04. The molecular formula is C17H34FN. The van der Waals surface area contributed by atoms with Gasteiger partial charge in [0.15, 0.2) is 0 Å². The zero-order valence-electron chi connectivity index (χ0n) is 13.6. The van der Waals surface area contributed by atoms with Crippen molar-refractivity contribution >= 4 is 0 Å². The monoisotopic (exact) mass is 271 g/mol. The topological polar surface area (TPSA) is 3.24 Å². The maximum absolute atomic E-state index is 14.4. The lowest BCUT2D eigenvalue weighted by Crippen LogP contribution is -2.46. The van der Waals surface area contributed by atoms with Gasteiger partial charge in [0.05, 0.1) is 0 Å². The normalized spacial score (nSPS) is 28.3. The van der Waals surface area contributed by atoms with Gasteiger partial charge >= 0.3 is 0 Å². The first-order valence-corrected chi connectivity index (χ1v) is 8.36. The maximum Gasteiger partial charge on any atom is 0.116 e. The summed E-state index contributed by atoms with van der Waals surface area (Å²) in [5.74, 6) is 0.278. The molecule has 114 valence electrons. The van der Waals surface area contributed by atoms with Gasteiger partial charge in [-0.2, -0.15) is 0 Å². The molecule has 0 saturated carbocycles. The summed E-state index contributed by atoms with van der Waals surface area (Å²) < 4.78 is 14.4. The predicted octanol–water partition coefficient (Wildman–Crippen LogP) is 5.05. The minimum absolute atomic E-state index is 0.215. The van der Waals surface area contributed by atoms with Crippen molar-refractivity contribution < 1.29 is 4.39 Å². The van der Waals surface area contributed by atoms with E-state index in [-0.39, 0.29) is 11.3 Å². The first-order chi connectivity index (χ1) is 9.03. The molecule has 1 fully saturated rings. The van der Waals surface area contributed by atoms with Crippen molar-refractivity contribution in [1.82, 2.24) is 4.90 Å². The second-order valence-corrected chi connectivity index (χ2v) is 6.85. The van der Waals surface area contributed by atoms with E-state index in [1.165, 1.54) is 38.5 Å². The maximum atomic E-state index is 14.4. The van der Waals surface area contributed by atoms with Crippen LogP contribution >= 0.6 is 0 Å². The zero-order chi connectivity index (χ0) is 14.3. The molecule has 2 heteroatoms. The highest BCUT2D eigenvalue weighted by Gasteiger charge is 2.40. The minimum atomic E-state index is -0.626. The molecule has 0 aromatic heterocycles. The Morgan fingerprint density at radius 2 is 1.84 bits per heavy atom. The highest BCUT2D eigenvalue weighted by molar-refractivity contribution is 4.90. The van der Waals surface area contributed by atoms with E-state index in [1.54, 1.807) is 0 Å². The largest absolute Gasteiger partial charge is 0.303 e. The van der Waals surface area contributed by atoms with E-state index in [2.05, 4.69) is 25.7 Å². The van der Waals surface area contributed by atoms with E-state index in [0.29, 0.717) is 6.54 Å². The van der Waals surface area contributed by atoms with Crippen molar-refractivity contribution in [2.24, 2.45) is 11.3 Å². The van der Waals surface area contributed by atoms with Crippen LogP contribution in [0.2, 0.25) is 0 Å². The highest BCUT2D eigenvalue weighted by Crippen LogP contribution is 2.43. The van der Waals surface area contributed by atoms with Crippen LogP contribution in [0.4, 0.5) is 4.39 Å². The van der Waals surface area contributed by atoms with Crippen molar-refractivity contribution in [3.8, 4) is 0 Å². The van der Waals surface area contributed by atoms with Gasteiger partial charge in [0.1, 0.15) is 6.17 Å². The number of likely N-dealkylation sites (tertiary alicyclic amines) is 1. The Balaban J connectivity index is 2.44. The van der Waals surface area contributed by atoms with E-state index in [4.69, 9.17) is 0 Å². The predicted molar refractivity (Wildman–Crippen MR) is 82.3 cm³/mol. The average molecular weight is 271 g/mol. The van der Waals surface area contributed by atoms with E-state index >= 15 is 0 Å². The number of halogens is 1. The fourth-order valence-corrected chi connectivity index (χ4v) is 3.60. The summed E-state index contributed by atoms with van der Waals surface area (Å²) in [6.07, 6.45) is 9.35. The Bertz CT molecular complexity index is 243. The van der Waals surface area contributed by atoms with Crippen LogP contribution in [0, 0.1) is 11.3 Å². The number of piperidine rings is 1. The van der Waals surface area contributed by atoms with Gasteiger partial charge in [-0.1, -0.05) is 59.3 Å². The van der Waals surface area contributed by atoms with Crippen LogP contribution < -0.4 is 0 Å². The van der Waals surface area contributed by atoms with Crippen LogP contribution in [0.3, 0.4) is 0 Å². The van der Waals surface area contributed by atoms with E-state index < -0.39 is 6.17 Å². The van der Waals surface area contributed by atoms with Crippen molar-refractivity contribution in [3.05, 3.63) is 0 Å². The lowest BCUT2D eigenvalue weighted by atomic mass is 9.67. The van der Waals surface area contributed by atoms with Crippen molar-refractivity contribution in [1.29, 1.82) is 0 Å². The van der Waals surface area contributed by atoms with Crippen LogP contribution in [0.1, 0.15) is 72.1 Å². The Hall–Kier alpha value is -0.110. The Morgan fingerprint density at radius 1 is 1.16 bits per heavy atom. The number of unbranched alkanes of at least 4 members (excludes halogenated alkanes) is 4. The van der Waals surface area contributed by atoms with Gasteiger partial charge in [0.2, 0.25) is 0 Å². The van der Waals surface area contributed by atoms with Crippen molar-refractivity contribution in [3.63, 3.8) is 0 Å². The van der Waals surface area contributed by atoms with Gasteiger partial charge in [-0.05, 0) is 37.8 Å². The molecule has 3 unspecified atom stereocenters. The van der Waals surface area contributed by atoms with Crippen LogP contribution in [0.15, 0.2) is 0 Å². The Kier molecular flexibility index (Phi) is 7.35. The third-order valence-corrected chi connectivity index (χ3v) is 5.30. The molecule has 0 amide bonds. The molecule has 0 aliphatic carbocycles. The summed E-state index contributed by atoms with van der Waals surface area (Å²) in [5.41, 5.74) is 0.215. The molecule has 0 radical (unpaired) electrons. The molecule has 0 aromatic carbocycles. The van der Waals surface area contributed by atoms with Gasteiger partial charge in [-0.25, -0.2) is 4.39 Å². The zero-order valence-corrected chi connectivity index (χ0v) is 13.6. The standard InChI is InChI=1S/C17H34FN/c1-5-7-8-9-10-12-17(3,6-2)15-11-13-19(4)14-16(15)18/h15-16H,5-14H2,1-4H3. The van der Waals surface area contributed by atoms with Crippen molar-refractivity contribution in [2.45, 2.75) is 78.3 Å². The SMILES string of the molecule is CCCCCCCC(C)(CC)C1CCN(C)CC1F. The van der Waals surface area contributed by atoms with E-state index in [9.17, 15) is 4.39 Å². The molecule has 0 aromatic rings. The molecule has 0 N–H and O–H groups in total. The number of alkyl halides is 1. The molecule has 19 heavy (non-hydrogen) atoms. The minimum Gasteiger partial charge on any atom is -0.303 e. The first kappa shape index (κ1) is 16.9. The Morgan fingerprint density at radius 3 is 2.42 bits per heavy atom. The molecule has 1 rings (SSSR count). The molecule has 1 saturated heterocycles. The van der Waals surface area contributed by atoms with Gasteiger partial charge in [0.25, 0.3) is 0 Å². The van der Waals surface area contributed by atoms with Crippen LogP contribution in [-0.4, -0.2) is 31.2 Å². The Labute approximate surface area is 119 Å². The fourth-order valence-electron chi connectivity index (χ4n) is 3.60. The smallest absolute Gasteiger partial charge is 0.116 e. The highest BCUT2D eigenvalue weighted by atomic mass is 19.1. The number of hydrogen-bond donors (Lipinski definition) is 0. The molecule has 1 heterocycles. The van der Waals surface area contributed by atoms with Crippen LogP contribution in [-0.2, 0) is 0 Å². The molecule has 1 nitrogen and oxygen atoms in total.